The number of amides is 1. The lowest BCUT2D eigenvalue weighted by Gasteiger charge is -2.40. The van der Waals surface area contributed by atoms with Gasteiger partial charge in [0.25, 0.3) is 0 Å². The molecule has 1 atom stereocenters. The lowest BCUT2D eigenvalue weighted by Crippen LogP contribution is -2.50. The Kier molecular flexibility index (Phi) is 4.00. The van der Waals surface area contributed by atoms with E-state index in [9.17, 15) is 4.79 Å². The maximum atomic E-state index is 12.3. The largest absolute Gasteiger partial charge is 0.342 e. The molecule has 3 nitrogen and oxygen atoms in total. The molecule has 1 amide bonds. The van der Waals surface area contributed by atoms with Gasteiger partial charge in [-0.15, -0.1) is 0 Å². The first-order valence-corrected chi connectivity index (χ1v) is 6.34. The lowest BCUT2D eigenvalue weighted by atomic mass is 9.80. The average Bonchev–Trinajstić information content (AvgIpc) is 2.27. The van der Waals surface area contributed by atoms with Gasteiger partial charge in [-0.05, 0) is 31.6 Å². The first kappa shape index (κ1) is 13.5. The fourth-order valence-corrected chi connectivity index (χ4v) is 2.08. The number of nitrogens with zero attached hydrogens (tertiary/aromatic N) is 1. The minimum absolute atomic E-state index is 0.244. The topological polar surface area (TPSA) is 46.3 Å². The summed E-state index contributed by atoms with van der Waals surface area (Å²) in [5, 5.41) is 0. The number of hydrogen-bond acceptors (Lipinski definition) is 2. The van der Waals surface area contributed by atoms with Gasteiger partial charge in [0.2, 0.25) is 5.91 Å². The summed E-state index contributed by atoms with van der Waals surface area (Å²) < 4.78 is 0. The molecule has 0 aromatic carbocycles. The third-order valence-corrected chi connectivity index (χ3v) is 4.15. The number of likely N-dealkylation sites (tertiary alicyclic amines) is 1. The highest BCUT2D eigenvalue weighted by atomic mass is 16.2. The second-order valence-corrected chi connectivity index (χ2v) is 6.07. The molecule has 0 saturated carbocycles. The van der Waals surface area contributed by atoms with Crippen LogP contribution in [0.15, 0.2) is 0 Å². The third kappa shape index (κ3) is 2.76. The molecule has 0 spiro atoms. The Hall–Kier alpha value is -0.570. The van der Waals surface area contributed by atoms with Gasteiger partial charge in [0.05, 0.1) is 5.41 Å². The van der Waals surface area contributed by atoms with Gasteiger partial charge >= 0.3 is 0 Å². The lowest BCUT2D eigenvalue weighted by molar-refractivity contribution is -0.143. The normalized spacial score (nSPS) is 23.9. The van der Waals surface area contributed by atoms with Crippen molar-refractivity contribution >= 4 is 5.91 Å². The number of carbonyl (C=O) groups is 1. The van der Waals surface area contributed by atoms with Crippen LogP contribution in [0, 0.1) is 10.8 Å². The van der Waals surface area contributed by atoms with Gasteiger partial charge in [-0.1, -0.05) is 20.8 Å². The molecule has 1 unspecified atom stereocenters. The van der Waals surface area contributed by atoms with Crippen LogP contribution in [-0.4, -0.2) is 30.4 Å². The Bertz CT molecular complexity index is 247. The second kappa shape index (κ2) is 4.74. The van der Waals surface area contributed by atoms with Crippen LogP contribution in [0.2, 0.25) is 0 Å². The summed E-state index contributed by atoms with van der Waals surface area (Å²) >= 11 is 0. The first-order chi connectivity index (χ1) is 7.34. The zero-order valence-electron chi connectivity index (χ0n) is 11.2. The zero-order valence-corrected chi connectivity index (χ0v) is 11.2. The molecule has 0 radical (unpaired) electrons. The van der Waals surface area contributed by atoms with Gasteiger partial charge < -0.3 is 10.6 Å². The van der Waals surface area contributed by atoms with Crippen molar-refractivity contribution in [2.75, 3.05) is 19.6 Å². The molecule has 1 heterocycles. The number of piperidine rings is 1. The Balaban J connectivity index is 2.63. The average molecular weight is 226 g/mol. The fraction of sp³-hybridized carbons (Fsp3) is 0.923. The molecule has 2 N–H and O–H groups in total. The Morgan fingerprint density at radius 2 is 1.88 bits per heavy atom. The third-order valence-electron chi connectivity index (χ3n) is 4.15. The van der Waals surface area contributed by atoms with Crippen molar-refractivity contribution < 1.29 is 4.79 Å². The van der Waals surface area contributed by atoms with Gasteiger partial charge in [0, 0.05) is 19.6 Å². The monoisotopic (exact) mass is 226 g/mol. The number of carbonyl (C=O) groups excluding carboxylic acids is 1. The van der Waals surface area contributed by atoms with Gasteiger partial charge in [-0.2, -0.15) is 0 Å². The molecule has 3 heteroatoms. The SMILES string of the molecule is CCC(C)(CN)C(=O)N1CCC(C)(C)CC1. The van der Waals surface area contributed by atoms with Crippen molar-refractivity contribution in [1.82, 2.24) is 4.90 Å². The van der Waals surface area contributed by atoms with Crippen LogP contribution >= 0.6 is 0 Å². The van der Waals surface area contributed by atoms with Gasteiger partial charge in [0.15, 0.2) is 0 Å². The molecule has 0 aromatic rings. The zero-order chi connectivity index (χ0) is 12.4. The van der Waals surface area contributed by atoms with E-state index in [1.54, 1.807) is 0 Å². The highest BCUT2D eigenvalue weighted by Gasteiger charge is 2.36. The quantitative estimate of drug-likeness (QED) is 0.800. The standard InChI is InChI=1S/C13H26N2O/c1-5-13(4,10-14)11(16)15-8-6-12(2,3)7-9-15/h5-10,14H2,1-4H3. The van der Waals surface area contributed by atoms with Crippen molar-refractivity contribution in [2.45, 2.75) is 47.0 Å². The highest BCUT2D eigenvalue weighted by molar-refractivity contribution is 5.82. The van der Waals surface area contributed by atoms with E-state index in [0.29, 0.717) is 12.0 Å². The first-order valence-electron chi connectivity index (χ1n) is 6.34. The van der Waals surface area contributed by atoms with E-state index in [-0.39, 0.29) is 11.3 Å². The van der Waals surface area contributed by atoms with Crippen molar-refractivity contribution in [1.29, 1.82) is 0 Å². The number of hydrogen-bond donors (Lipinski definition) is 1. The van der Waals surface area contributed by atoms with Crippen LogP contribution < -0.4 is 5.73 Å². The van der Waals surface area contributed by atoms with Crippen LogP contribution in [0.25, 0.3) is 0 Å². The van der Waals surface area contributed by atoms with Crippen molar-refractivity contribution in [3.63, 3.8) is 0 Å². The van der Waals surface area contributed by atoms with E-state index in [4.69, 9.17) is 5.73 Å². The summed E-state index contributed by atoms with van der Waals surface area (Å²) in [5.74, 6) is 0.244. The minimum Gasteiger partial charge on any atom is -0.342 e. The maximum Gasteiger partial charge on any atom is 0.229 e. The summed E-state index contributed by atoms with van der Waals surface area (Å²) in [7, 11) is 0. The number of nitrogens with two attached hydrogens (primary N) is 1. The molecule has 0 bridgehead atoms. The summed E-state index contributed by atoms with van der Waals surface area (Å²) in [6.07, 6.45) is 3.02. The molecule has 0 aliphatic carbocycles. The Morgan fingerprint density at radius 3 is 2.25 bits per heavy atom. The van der Waals surface area contributed by atoms with Crippen LogP contribution in [0.1, 0.15) is 47.0 Å². The molecule has 0 aromatic heterocycles. The van der Waals surface area contributed by atoms with Crippen molar-refractivity contribution in [2.24, 2.45) is 16.6 Å². The number of rotatable bonds is 3. The van der Waals surface area contributed by atoms with Crippen LogP contribution in [0.4, 0.5) is 0 Å². The van der Waals surface area contributed by atoms with Crippen LogP contribution in [0.5, 0.6) is 0 Å². The molecule has 1 aliphatic heterocycles. The van der Waals surface area contributed by atoms with E-state index in [2.05, 4.69) is 13.8 Å². The molecule has 94 valence electrons. The maximum absolute atomic E-state index is 12.3. The molecule has 1 aliphatic rings. The summed E-state index contributed by atoms with van der Waals surface area (Å²) in [6.45, 7) is 10.8. The molecule has 1 saturated heterocycles. The van der Waals surface area contributed by atoms with Crippen LogP contribution in [-0.2, 0) is 4.79 Å². The van der Waals surface area contributed by atoms with Crippen molar-refractivity contribution in [3.8, 4) is 0 Å². The van der Waals surface area contributed by atoms with Gasteiger partial charge in [0.1, 0.15) is 0 Å². The van der Waals surface area contributed by atoms with E-state index < -0.39 is 0 Å². The fourth-order valence-electron chi connectivity index (χ4n) is 2.08. The molecule has 1 rings (SSSR count). The molecular weight excluding hydrogens is 200 g/mol. The summed E-state index contributed by atoms with van der Waals surface area (Å²) in [6, 6.07) is 0. The highest BCUT2D eigenvalue weighted by Crippen LogP contribution is 2.32. The van der Waals surface area contributed by atoms with Gasteiger partial charge in [-0.25, -0.2) is 0 Å². The van der Waals surface area contributed by atoms with E-state index in [1.165, 1.54) is 0 Å². The van der Waals surface area contributed by atoms with E-state index in [0.717, 1.165) is 32.4 Å². The van der Waals surface area contributed by atoms with E-state index in [1.807, 2.05) is 18.7 Å². The van der Waals surface area contributed by atoms with Crippen molar-refractivity contribution in [3.05, 3.63) is 0 Å². The smallest absolute Gasteiger partial charge is 0.229 e. The molecular formula is C13H26N2O. The summed E-state index contributed by atoms with van der Waals surface area (Å²) in [5.41, 5.74) is 5.76. The molecule has 16 heavy (non-hydrogen) atoms. The predicted octanol–water partition coefficient (Wildman–Crippen LogP) is 2.01. The minimum atomic E-state index is -0.360. The predicted molar refractivity (Wildman–Crippen MR) is 67.0 cm³/mol. The molecule has 1 fully saturated rings. The Morgan fingerprint density at radius 1 is 1.38 bits per heavy atom. The van der Waals surface area contributed by atoms with Gasteiger partial charge in [-0.3, -0.25) is 4.79 Å². The van der Waals surface area contributed by atoms with E-state index >= 15 is 0 Å². The second-order valence-electron chi connectivity index (χ2n) is 6.07. The van der Waals surface area contributed by atoms with Crippen LogP contribution in [0.3, 0.4) is 0 Å². The summed E-state index contributed by atoms with van der Waals surface area (Å²) in [4.78, 5) is 14.3. The Labute approximate surface area is 99.4 Å².